The normalized spacial score (nSPS) is 24.5. The highest BCUT2D eigenvalue weighted by Gasteiger charge is 2.66. The van der Waals surface area contributed by atoms with Crippen molar-refractivity contribution in [3.05, 3.63) is 24.3 Å². The van der Waals surface area contributed by atoms with Crippen LogP contribution in [-0.2, 0) is 23.9 Å². The number of carboxylic acids is 1. The van der Waals surface area contributed by atoms with Crippen LogP contribution in [0.25, 0.3) is 0 Å². The number of likely N-dealkylation sites (N-methyl/N-ethyl adjacent to an activating group) is 1. The minimum atomic E-state index is -5.08. The number of alkyl halides is 3. The number of hydrogen-bond acceptors (Lipinski definition) is 8. The third kappa shape index (κ3) is 6.10. The van der Waals surface area contributed by atoms with E-state index in [1.54, 1.807) is 45.3 Å². The van der Waals surface area contributed by atoms with Crippen molar-refractivity contribution >= 4 is 35.5 Å². The number of carboxylic acid groups (broad SMARTS) is 1. The molecule has 0 radical (unpaired) electrons. The molecule has 4 amide bonds. The molecule has 2 heterocycles. The monoisotopic (exact) mass is 532 g/mol. The summed E-state index contributed by atoms with van der Waals surface area (Å²) in [5.74, 6) is -5.17. The fourth-order valence-corrected chi connectivity index (χ4v) is 4.24. The van der Waals surface area contributed by atoms with Gasteiger partial charge in [-0.15, -0.1) is 0 Å². The van der Waals surface area contributed by atoms with Crippen LogP contribution in [0, 0.1) is 11.8 Å². The minimum Gasteiger partial charge on any atom is -0.497 e. The van der Waals surface area contributed by atoms with Crippen LogP contribution in [-0.4, -0.2) is 97.3 Å². The number of carbonyl (C=O) groups is 5. The van der Waals surface area contributed by atoms with E-state index in [4.69, 9.17) is 19.4 Å². The Morgan fingerprint density at radius 3 is 2.16 bits per heavy atom. The quantitative estimate of drug-likeness (QED) is 0.371. The van der Waals surface area contributed by atoms with E-state index < -0.39 is 53.5 Å². The zero-order valence-electron chi connectivity index (χ0n) is 20.6. The Labute approximate surface area is 209 Å². The van der Waals surface area contributed by atoms with Gasteiger partial charge in [-0.1, -0.05) is 0 Å². The average molecular weight is 532 g/mol. The molecule has 1 aromatic rings. The number of urea groups is 1. The van der Waals surface area contributed by atoms with Crippen LogP contribution in [0.1, 0.15) is 6.92 Å². The van der Waals surface area contributed by atoms with E-state index in [9.17, 15) is 32.3 Å². The highest BCUT2D eigenvalue weighted by atomic mass is 19.4. The number of benzene rings is 1. The Morgan fingerprint density at radius 1 is 1.16 bits per heavy atom. The van der Waals surface area contributed by atoms with E-state index in [-0.39, 0.29) is 12.5 Å². The van der Waals surface area contributed by atoms with Gasteiger partial charge in [0.2, 0.25) is 11.8 Å². The highest BCUT2D eigenvalue weighted by molar-refractivity contribution is 6.09. The predicted molar refractivity (Wildman–Crippen MR) is 120 cm³/mol. The number of anilines is 1. The van der Waals surface area contributed by atoms with Gasteiger partial charge in [-0.2, -0.15) is 13.2 Å². The van der Waals surface area contributed by atoms with Crippen molar-refractivity contribution in [3.8, 4) is 5.75 Å². The molecule has 12 nitrogen and oxygen atoms in total. The number of hydrogen-bond donors (Lipinski definition) is 3. The molecule has 2 saturated heterocycles. The lowest BCUT2D eigenvalue weighted by atomic mass is 9.81. The van der Waals surface area contributed by atoms with E-state index >= 15 is 0 Å². The Kier molecular flexibility index (Phi) is 8.75. The zero-order valence-corrected chi connectivity index (χ0v) is 20.6. The maximum Gasteiger partial charge on any atom is 0.490 e. The van der Waals surface area contributed by atoms with Crippen LogP contribution in [0.15, 0.2) is 24.3 Å². The number of rotatable bonds is 5. The largest absolute Gasteiger partial charge is 0.497 e. The topological polar surface area (TPSA) is 155 Å². The first-order valence-electron chi connectivity index (χ1n) is 10.7. The second-order valence-corrected chi connectivity index (χ2v) is 8.53. The number of nitrogens with one attached hydrogen (secondary N) is 2. The predicted octanol–water partition coefficient (Wildman–Crippen LogP) is 0.927. The molecule has 0 aliphatic carbocycles. The van der Waals surface area contributed by atoms with Crippen LogP contribution in [0.3, 0.4) is 0 Å². The number of methoxy groups -OCH3 is 2. The summed E-state index contributed by atoms with van der Waals surface area (Å²) >= 11 is 0. The maximum atomic E-state index is 12.7. The van der Waals surface area contributed by atoms with Crippen LogP contribution in [0.2, 0.25) is 0 Å². The molecule has 37 heavy (non-hydrogen) atoms. The summed E-state index contributed by atoms with van der Waals surface area (Å²) in [6.45, 7) is 1.67. The van der Waals surface area contributed by atoms with Crippen molar-refractivity contribution in [2.24, 2.45) is 11.8 Å². The van der Waals surface area contributed by atoms with E-state index in [0.29, 0.717) is 11.4 Å². The van der Waals surface area contributed by atoms with Crippen molar-refractivity contribution in [1.29, 1.82) is 0 Å². The number of imide groups is 1. The first kappa shape index (κ1) is 29.4. The van der Waals surface area contributed by atoms with Gasteiger partial charge in [0.15, 0.2) is 0 Å². The smallest absolute Gasteiger partial charge is 0.490 e. The number of likely N-dealkylation sites (tertiary alicyclic amines) is 1. The lowest BCUT2D eigenvalue weighted by molar-refractivity contribution is -0.192. The number of amides is 4. The molecular weight excluding hydrogens is 505 g/mol. The maximum absolute atomic E-state index is 12.7. The molecule has 0 unspecified atom stereocenters. The van der Waals surface area contributed by atoms with Gasteiger partial charge in [0, 0.05) is 32.4 Å². The second-order valence-electron chi connectivity index (χ2n) is 8.53. The highest BCUT2D eigenvalue weighted by Crippen LogP contribution is 2.43. The van der Waals surface area contributed by atoms with Crippen LogP contribution >= 0.6 is 0 Å². The fourth-order valence-electron chi connectivity index (χ4n) is 4.24. The number of carbonyl (C=O) groups excluding carboxylic acids is 4. The SMILES string of the molecule is COC(=O)[C@]1(C)N[C@H](CN(C)C(=O)Nc2ccc(OC)cc2)[C@@H]2C(=O)N(C)C(=O)[C@@H]21.O=C(O)C(F)(F)F. The lowest BCUT2D eigenvalue weighted by Gasteiger charge is -2.29. The third-order valence-electron chi connectivity index (χ3n) is 6.12. The third-order valence-corrected chi connectivity index (χ3v) is 6.12. The van der Waals surface area contributed by atoms with Crippen molar-refractivity contribution in [3.63, 3.8) is 0 Å². The van der Waals surface area contributed by atoms with Crippen molar-refractivity contribution in [2.45, 2.75) is 24.7 Å². The van der Waals surface area contributed by atoms with Gasteiger partial charge >= 0.3 is 24.1 Å². The molecule has 15 heteroatoms. The molecule has 204 valence electrons. The number of fused-ring (bicyclic) bond motifs is 1. The Morgan fingerprint density at radius 2 is 1.70 bits per heavy atom. The van der Waals surface area contributed by atoms with E-state index in [2.05, 4.69) is 10.6 Å². The van der Waals surface area contributed by atoms with Crippen molar-refractivity contribution in [2.75, 3.05) is 40.2 Å². The van der Waals surface area contributed by atoms with Gasteiger partial charge < -0.3 is 24.8 Å². The first-order chi connectivity index (χ1) is 17.1. The van der Waals surface area contributed by atoms with Crippen LogP contribution in [0.4, 0.5) is 23.7 Å². The Hall–Kier alpha value is -3.88. The zero-order chi connectivity index (χ0) is 28.3. The van der Waals surface area contributed by atoms with Crippen molar-refractivity contribution < 1.29 is 51.7 Å². The Balaban J connectivity index is 0.000000604. The molecule has 2 aliphatic heterocycles. The van der Waals surface area contributed by atoms with Gasteiger partial charge in [0.1, 0.15) is 11.3 Å². The van der Waals surface area contributed by atoms with Gasteiger partial charge in [-0.3, -0.25) is 24.6 Å². The minimum absolute atomic E-state index is 0.114. The molecule has 0 aromatic heterocycles. The number of ether oxygens (including phenoxy) is 2. The molecule has 0 saturated carbocycles. The molecule has 3 rings (SSSR count). The summed E-state index contributed by atoms with van der Waals surface area (Å²) in [6, 6.07) is 5.87. The summed E-state index contributed by atoms with van der Waals surface area (Å²) in [5.41, 5.74) is -0.773. The molecule has 0 bridgehead atoms. The van der Waals surface area contributed by atoms with E-state index in [1.807, 2.05) is 0 Å². The Bertz CT molecular complexity index is 1070. The molecule has 2 fully saturated rings. The molecular formula is C22H27F3N4O8. The number of aliphatic carboxylic acids is 1. The summed E-state index contributed by atoms with van der Waals surface area (Å²) < 4.78 is 41.7. The standard InChI is InChI=1S/C20H26N4O6.C2HF3O2/c1-20(18(27)30-5)15-14(16(25)24(3)17(15)26)13(22-20)10-23(2)19(28)21-11-6-8-12(29-4)9-7-11;3-2(4,5)1(6)7/h6-9,13-15,22H,10H2,1-5H3,(H,21,28);(H,6,7)/t13-,14+,15-,20-;/m1./s1. The van der Waals surface area contributed by atoms with Crippen molar-refractivity contribution in [1.82, 2.24) is 15.1 Å². The summed E-state index contributed by atoms with van der Waals surface area (Å²) in [6.07, 6.45) is -5.08. The molecule has 3 N–H and O–H groups in total. The summed E-state index contributed by atoms with van der Waals surface area (Å²) in [4.78, 5) is 61.7. The number of nitrogens with zero attached hydrogens (tertiary/aromatic N) is 2. The second kappa shape index (κ2) is 11.0. The van der Waals surface area contributed by atoms with Crippen LogP contribution in [0.5, 0.6) is 5.75 Å². The number of halogens is 3. The van der Waals surface area contributed by atoms with Gasteiger partial charge in [0.25, 0.3) is 0 Å². The van der Waals surface area contributed by atoms with Gasteiger partial charge in [-0.25, -0.2) is 9.59 Å². The van der Waals surface area contributed by atoms with Gasteiger partial charge in [0.05, 0.1) is 26.1 Å². The fraction of sp³-hybridized carbons (Fsp3) is 0.500. The van der Waals surface area contributed by atoms with Gasteiger partial charge in [-0.05, 0) is 31.2 Å². The first-order valence-corrected chi connectivity index (χ1v) is 10.7. The molecule has 2 aliphatic rings. The molecule has 0 spiro atoms. The van der Waals surface area contributed by atoms with E-state index in [1.165, 1.54) is 19.1 Å². The van der Waals surface area contributed by atoms with Crippen LogP contribution < -0.4 is 15.4 Å². The number of esters is 1. The summed E-state index contributed by atoms with van der Waals surface area (Å²) in [7, 11) is 5.76. The molecule has 4 atom stereocenters. The lowest BCUT2D eigenvalue weighted by Crippen LogP contribution is -2.56. The average Bonchev–Trinajstić information content (AvgIpc) is 3.26. The molecule has 1 aromatic carbocycles. The van der Waals surface area contributed by atoms with E-state index in [0.717, 1.165) is 4.90 Å². The summed E-state index contributed by atoms with van der Waals surface area (Å²) in [5, 5.41) is 13.0.